The van der Waals surface area contributed by atoms with E-state index in [-0.39, 0.29) is 7.12 Å². The first-order valence-corrected chi connectivity index (χ1v) is 9.11. The Labute approximate surface area is 146 Å². The standard InChI is InChI=1S/C19H29BO4/c1-21-11-15-3-5-17(6-4-15)18-7-9-19(10-8-18)20-23-13-16(12-22-2)14-24-20/h7-10,15-17H,3-6,11-14H2,1-2H3. The van der Waals surface area contributed by atoms with Crippen molar-refractivity contribution in [3.8, 4) is 0 Å². The highest BCUT2D eigenvalue weighted by molar-refractivity contribution is 6.61. The average Bonchev–Trinajstić information content (AvgIpc) is 2.64. The molecule has 0 amide bonds. The number of methoxy groups -OCH3 is 2. The summed E-state index contributed by atoms with van der Waals surface area (Å²) in [6.07, 6.45) is 5.08. The molecule has 1 aliphatic heterocycles. The van der Waals surface area contributed by atoms with Crippen molar-refractivity contribution in [2.24, 2.45) is 11.8 Å². The van der Waals surface area contributed by atoms with E-state index in [0.717, 1.165) is 18.0 Å². The van der Waals surface area contributed by atoms with Gasteiger partial charge in [0, 0.05) is 40.0 Å². The van der Waals surface area contributed by atoms with Crippen LogP contribution < -0.4 is 5.46 Å². The fourth-order valence-corrected chi connectivity index (χ4v) is 3.89. The summed E-state index contributed by atoms with van der Waals surface area (Å²) in [5, 5.41) is 0. The lowest BCUT2D eigenvalue weighted by molar-refractivity contribution is 0.0364. The Kier molecular flexibility index (Phi) is 6.72. The van der Waals surface area contributed by atoms with Crippen LogP contribution in [-0.4, -0.2) is 47.8 Å². The Bertz CT molecular complexity index is 432. The minimum Gasteiger partial charge on any atom is -0.407 e. The summed E-state index contributed by atoms with van der Waals surface area (Å²) in [6.45, 7) is 3.00. The molecule has 5 heteroatoms. The lowest BCUT2D eigenvalue weighted by Crippen LogP contribution is -2.45. The van der Waals surface area contributed by atoms with E-state index < -0.39 is 0 Å². The second-order valence-electron chi connectivity index (χ2n) is 7.16. The van der Waals surface area contributed by atoms with Crippen molar-refractivity contribution in [2.75, 3.05) is 40.6 Å². The largest absolute Gasteiger partial charge is 0.493 e. The van der Waals surface area contributed by atoms with Crippen molar-refractivity contribution in [3.05, 3.63) is 29.8 Å². The molecule has 0 spiro atoms. The molecule has 1 aromatic rings. The van der Waals surface area contributed by atoms with Crippen molar-refractivity contribution < 1.29 is 18.8 Å². The van der Waals surface area contributed by atoms with E-state index in [4.69, 9.17) is 18.8 Å². The van der Waals surface area contributed by atoms with Gasteiger partial charge in [-0.2, -0.15) is 0 Å². The maximum atomic E-state index is 5.84. The molecule has 24 heavy (non-hydrogen) atoms. The van der Waals surface area contributed by atoms with Crippen LogP contribution in [0.1, 0.15) is 37.2 Å². The van der Waals surface area contributed by atoms with Crippen LogP contribution in [0.3, 0.4) is 0 Å². The molecule has 2 fully saturated rings. The van der Waals surface area contributed by atoms with Crippen molar-refractivity contribution >= 4 is 12.6 Å². The zero-order valence-corrected chi connectivity index (χ0v) is 14.9. The van der Waals surface area contributed by atoms with Crippen LogP contribution in [0, 0.1) is 11.8 Å². The van der Waals surface area contributed by atoms with Gasteiger partial charge in [0.05, 0.1) is 6.61 Å². The second-order valence-corrected chi connectivity index (χ2v) is 7.16. The maximum absolute atomic E-state index is 5.84. The first-order valence-electron chi connectivity index (χ1n) is 9.11. The molecule has 0 unspecified atom stereocenters. The van der Waals surface area contributed by atoms with Gasteiger partial charge in [0.2, 0.25) is 0 Å². The van der Waals surface area contributed by atoms with Crippen LogP contribution in [0.4, 0.5) is 0 Å². The first-order chi connectivity index (χ1) is 11.8. The molecule has 0 aromatic heterocycles. The third-order valence-electron chi connectivity index (χ3n) is 5.30. The molecular weight excluding hydrogens is 303 g/mol. The topological polar surface area (TPSA) is 36.9 Å². The molecule has 3 rings (SSSR count). The minimum atomic E-state index is -0.232. The van der Waals surface area contributed by atoms with Gasteiger partial charge >= 0.3 is 7.12 Å². The number of rotatable bonds is 6. The predicted molar refractivity (Wildman–Crippen MR) is 95.7 cm³/mol. The van der Waals surface area contributed by atoms with Crippen LogP contribution in [-0.2, 0) is 18.8 Å². The molecule has 1 aromatic carbocycles. The highest BCUT2D eigenvalue weighted by Gasteiger charge is 2.29. The third-order valence-corrected chi connectivity index (χ3v) is 5.30. The highest BCUT2D eigenvalue weighted by atomic mass is 16.6. The van der Waals surface area contributed by atoms with Gasteiger partial charge in [0.15, 0.2) is 0 Å². The minimum absolute atomic E-state index is 0.232. The van der Waals surface area contributed by atoms with Gasteiger partial charge in [-0.1, -0.05) is 24.3 Å². The summed E-state index contributed by atoms with van der Waals surface area (Å²) in [6, 6.07) is 8.84. The van der Waals surface area contributed by atoms with Gasteiger partial charge in [0.1, 0.15) is 0 Å². The number of hydrogen-bond donors (Lipinski definition) is 0. The van der Waals surface area contributed by atoms with Crippen molar-refractivity contribution in [3.63, 3.8) is 0 Å². The first kappa shape index (κ1) is 17.9. The molecule has 1 aliphatic carbocycles. The van der Waals surface area contributed by atoms with Crippen molar-refractivity contribution in [2.45, 2.75) is 31.6 Å². The maximum Gasteiger partial charge on any atom is 0.493 e. The zero-order valence-electron chi connectivity index (χ0n) is 14.9. The van der Waals surface area contributed by atoms with Gasteiger partial charge in [0.25, 0.3) is 0 Å². The lowest BCUT2D eigenvalue weighted by Gasteiger charge is -2.29. The SMILES string of the molecule is COCC1CCC(c2ccc(B3OCC(COC)CO3)cc2)CC1. The third kappa shape index (κ3) is 4.60. The van der Waals surface area contributed by atoms with Crippen LogP contribution in [0.25, 0.3) is 0 Å². The van der Waals surface area contributed by atoms with Gasteiger partial charge in [-0.3, -0.25) is 0 Å². The monoisotopic (exact) mass is 332 g/mol. The summed E-state index contributed by atoms with van der Waals surface area (Å²) in [5.41, 5.74) is 2.56. The quantitative estimate of drug-likeness (QED) is 0.751. The van der Waals surface area contributed by atoms with Crippen LogP contribution in [0.15, 0.2) is 24.3 Å². The van der Waals surface area contributed by atoms with Crippen LogP contribution >= 0.6 is 0 Å². The van der Waals surface area contributed by atoms with E-state index in [1.807, 2.05) is 0 Å². The Morgan fingerprint density at radius 1 is 0.875 bits per heavy atom. The molecule has 1 saturated heterocycles. The fraction of sp³-hybridized carbons (Fsp3) is 0.684. The van der Waals surface area contributed by atoms with E-state index in [1.54, 1.807) is 14.2 Å². The number of benzene rings is 1. The van der Waals surface area contributed by atoms with E-state index >= 15 is 0 Å². The Hall–Kier alpha value is -0.875. The number of hydrogen-bond acceptors (Lipinski definition) is 4. The molecule has 0 atom stereocenters. The van der Waals surface area contributed by atoms with E-state index in [1.165, 1.54) is 31.2 Å². The Morgan fingerprint density at radius 3 is 2.04 bits per heavy atom. The van der Waals surface area contributed by atoms with Gasteiger partial charge in [-0.15, -0.1) is 0 Å². The molecule has 0 bridgehead atoms. The number of ether oxygens (including phenoxy) is 2. The molecule has 0 N–H and O–H groups in total. The van der Waals surface area contributed by atoms with E-state index in [2.05, 4.69) is 24.3 Å². The Balaban J connectivity index is 1.51. The predicted octanol–water partition coefficient (Wildman–Crippen LogP) is 2.61. The van der Waals surface area contributed by atoms with Crippen LogP contribution in [0.5, 0.6) is 0 Å². The van der Waals surface area contributed by atoms with Gasteiger partial charge < -0.3 is 18.8 Å². The molecule has 1 heterocycles. The lowest BCUT2D eigenvalue weighted by atomic mass is 9.75. The van der Waals surface area contributed by atoms with Crippen molar-refractivity contribution in [1.82, 2.24) is 0 Å². The molecule has 2 aliphatic rings. The molecule has 1 saturated carbocycles. The summed E-state index contributed by atoms with van der Waals surface area (Å²) in [5.74, 6) is 1.77. The summed E-state index contributed by atoms with van der Waals surface area (Å²) in [4.78, 5) is 0. The Morgan fingerprint density at radius 2 is 1.46 bits per heavy atom. The molecule has 0 radical (unpaired) electrons. The molecular formula is C19H29BO4. The summed E-state index contributed by atoms with van der Waals surface area (Å²) < 4.78 is 22.1. The normalized spacial score (nSPS) is 25.8. The summed E-state index contributed by atoms with van der Waals surface area (Å²) in [7, 11) is 3.29. The van der Waals surface area contributed by atoms with E-state index in [9.17, 15) is 0 Å². The smallest absolute Gasteiger partial charge is 0.407 e. The van der Waals surface area contributed by atoms with Crippen molar-refractivity contribution in [1.29, 1.82) is 0 Å². The zero-order chi connectivity index (χ0) is 16.8. The van der Waals surface area contributed by atoms with Gasteiger partial charge in [-0.25, -0.2) is 0 Å². The average molecular weight is 332 g/mol. The fourth-order valence-electron chi connectivity index (χ4n) is 3.89. The second kappa shape index (κ2) is 9.00. The molecule has 132 valence electrons. The summed E-state index contributed by atoms with van der Waals surface area (Å²) >= 11 is 0. The molecule has 4 nitrogen and oxygen atoms in total. The van der Waals surface area contributed by atoms with Crippen LogP contribution in [0.2, 0.25) is 0 Å². The van der Waals surface area contributed by atoms with Gasteiger partial charge in [-0.05, 0) is 48.5 Å². The highest BCUT2D eigenvalue weighted by Crippen LogP contribution is 2.35. The van der Waals surface area contributed by atoms with E-state index in [0.29, 0.717) is 31.7 Å².